The van der Waals surface area contributed by atoms with E-state index in [1.165, 1.54) is 11.6 Å². The predicted octanol–water partition coefficient (Wildman–Crippen LogP) is 5.35. The van der Waals surface area contributed by atoms with Crippen molar-refractivity contribution in [1.82, 2.24) is 15.5 Å². The molecule has 2 aliphatic carbocycles. The number of urea groups is 1. The van der Waals surface area contributed by atoms with E-state index in [2.05, 4.69) is 41.3 Å². The summed E-state index contributed by atoms with van der Waals surface area (Å²) in [6.07, 6.45) is 6.40. The second-order valence-electron chi connectivity index (χ2n) is 10.4. The summed E-state index contributed by atoms with van der Waals surface area (Å²) < 4.78 is 26.5. The summed E-state index contributed by atoms with van der Waals surface area (Å²) in [7, 11) is 0. The summed E-state index contributed by atoms with van der Waals surface area (Å²) in [5, 5.41) is 5.64. The number of rotatable bonds is 10. The first-order chi connectivity index (χ1) is 18.3. The Morgan fingerprint density at radius 3 is 2.71 bits per heavy atom. The number of carbonyl (C=O) groups excluding carboxylic acids is 1. The molecule has 2 aromatic carbocycles. The molecule has 1 heterocycles. The Kier molecular flexibility index (Phi) is 7.63. The molecule has 3 aliphatic rings. The van der Waals surface area contributed by atoms with Gasteiger partial charge in [-0.25, -0.2) is 14.2 Å². The van der Waals surface area contributed by atoms with Crippen LogP contribution < -0.4 is 10.6 Å². The Bertz CT molecular complexity index is 1220. The van der Waals surface area contributed by atoms with Crippen LogP contribution in [0.2, 0.25) is 0 Å². The molecule has 2 fully saturated rings. The van der Waals surface area contributed by atoms with Crippen LogP contribution in [0.4, 0.5) is 9.18 Å². The summed E-state index contributed by atoms with van der Waals surface area (Å²) in [4.78, 5) is 18.2. The average molecular weight is 519 g/mol. The molecule has 2 aromatic rings. The van der Waals surface area contributed by atoms with Crippen LogP contribution in [0.15, 0.2) is 78.2 Å². The molecule has 0 bridgehead atoms. The van der Waals surface area contributed by atoms with E-state index in [0.717, 1.165) is 24.8 Å². The molecule has 0 spiro atoms. The summed E-state index contributed by atoms with van der Waals surface area (Å²) in [6.45, 7) is 9.11. The third-order valence-electron chi connectivity index (χ3n) is 7.64. The number of amides is 2. The smallest absolute Gasteiger partial charge is 0.320 e. The van der Waals surface area contributed by atoms with Crippen LogP contribution in [0.3, 0.4) is 0 Å². The Balaban J connectivity index is 1.16. The van der Waals surface area contributed by atoms with Gasteiger partial charge in [0.15, 0.2) is 0 Å². The summed E-state index contributed by atoms with van der Waals surface area (Å²) in [5.74, 6) is 1.18. The summed E-state index contributed by atoms with van der Waals surface area (Å²) in [5.41, 5.74) is 2.34. The monoisotopic (exact) mass is 518 g/mol. The van der Waals surface area contributed by atoms with Crippen LogP contribution in [-0.2, 0) is 16.1 Å². The molecule has 1 aliphatic heterocycles. The van der Waals surface area contributed by atoms with E-state index >= 15 is 0 Å². The number of aryl methyl sites for hydroxylation is 1. The van der Waals surface area contributed by atoms with Gasteiger partial charge in [0.2, 0.25) is 0 Å². The van der Waals surface area contributed by atoms with E-state index in [-0.39, 0.29) is 48.7 Å². The fourth-order valence-electron chi connectivity index (χ4n) is 5.13. The molecule has 3 atom stereocenters. The molecule has 2 saturated carbocycles. The summed E-state index contributed by atoms with van der Waals surface area (Å²) in [6, 6.07) is 15.5. The van der Waals surface area contributed by atoms with E-state index in [4.69, 9.17) is 9.47 Å². The maximum Gasteiger partial charge on any atom is 0.320 e. The van der Waals surface area contributed by atoms with Crippen molar-refractivity contribution in [3.05, 3.63) is 95.7 Å². The van der Waals surface area contributed by atoms with Crippen molar-refractivity contribution in [1.29, 1.82) is 0 Å². The Labute approximate surface area is 223 Å². The summed E-state index contributed by atoms with van der Waals surface area (Å²) >= 11 is 0. The zero-order valence-electron chi connectivity index (χ0n) is 22.0. The van der Waals surface area contributed by atoms with Crippen molar-refractivity contribution in [2.24, 2.45) is 10.9 Å². The fourth-order valence-corrected chi connectivity index (χ4v) is 5.13. The van der Waals surface area contributed by atoms with E-state index in [9.17, 15) is 9.18 Å². The molecule has 5 rings (SSSR count). The lowest BCUT2D eigenvalue weighted by Crippen LogP contribution is -2.41. The SMILES string of the molecule is C=C1N=C(NC(=O)NC2CC2)C=CN1CO[C@@]1(C)C(CCOCc2c(C)cccc2F)C1c1ccccc1. The van der Waals surface area contributed by atoms with Gasteiger partial charge in [-0.1, -0.05) is 49.0 Å². The second kappa shape index (κ2) is 11.1. The van der Waals surface area contributed by atoms with Gasteiger partial charge in [-0.05, 0) is 56.4 Å². The third kappa shape index (κ3) is 5.97. The lowest BCUT2D eigenvalue weighted by molar-refractivity contribution is -0.0172. The number of hydrogen-bond acceptors (Lipinski definition) is 5. The minimum absolute atomic E-state index is 0.219. The molecule has 0 aromatic heterocycles. The molecule has 200 valence electrons. The largest absolute Gasteiger partial charge is 0.377 e. The van der Waals surface area contributed by atoms with Gasteiger partial charge < -0.3 is 19.7 Å². The van der Waals surface area contributed by atoms with Gasteiger partial charge in [0.05, 0.1) is 12.2 Å². The van der Waals surface area contributed by atoms with Crippen molar-refractivity contribution in [2.45, 2.75) is 57.3 Å². The van der Waals surface area contributed by atoms with Gasteiger partial charge in [-0.3, -0.25) is 5.32 Å². The van der Waals surface area contributed by atoms with E-state index < -0.39 is 0 Å². The van der Waals surface area contributed by atoms with Crippen LogP contribution in [0.5, 0.6) is 0 Å². The highest BCUT2D eigenvalue weighted by Crippen LogP contribution is 2.61. The number of hydrogen-bond donors (Lipinski definition) is 2. The van der Waals surface area contributed by atoms with Gasteiger partial charge >= 0.3 is 6.03 Å². The zero-order valence-corrected chi connectivity index (χ0v) is 22.0. The molecule has 7 nitrogen and oxygen atoms in total. The minimum Gasteiger partial charge on any atom is -0.377 e. The lowest BCUT2D eigenvalue weighted by Gasteiger charge is -2.26. The fraction of sp³-hybridized carbons (Fsp3) is 0.400. The molecule has 38 heavy (non-hydrogen) atoms. The van der Waals surface area contributed by atoms with Crippen molar-refractivity contribution >= 4 is 11.9 Å². The Hall–Kier alpha value is -3.49. The number of nitrogens with one attached hydrogen (secondary N) is 2. The molecule has 2 N–H and O–H groups in total. The molecule has 8 heteroatoms. The Morgan fingerprint density at radius 2 is 2.00 bits per heavy atom. The van der Waals surface area contributed by atoms with Gasteiger partial charge in [-0.2, -0.15) is 0 Å². The van der Waals surface area contributed by atoms with E-state index in [1.807, 2.05) is 42.3 Å². The topological polar surface area (TPSA) is 75.2 Å². The molecular formula is C30H35FN4O3. The molecular weight excluding hydrogens is 483 g/mol. The first kappa shape index (κ1) is 26.1. The number of benzene rings is 2. The van der Waals surface area contributed by atoms with Crippen molar-refractivity contribution < 1.29 is 18.7 Å². The highest BCUT2D eigenvalue weighted by molar-refractivity contribution is 6.04. The second-order valence-corrected chi connectivity index (χ2v) is 10.4. The molecule has 2 unspecified atom stereocenters. The molecule has 0 radical (unpaired) electrons. The van der Waals surface area contributed by atoms with E-state index in [0.29, 0.717) is 23.8 Å². The van der Waals surface area contributed by atoms with Crippen LogP contribution >= 0.6 is 0 Å². The average Bonchev–Trinajstić information content (AvgIpc) is 3.80. The maximum atomic E-state index is 14.2. The van der Waals surface area contributed by atoms with Crippen LogP contribution in [0, 0.1) is 18.7 Å². The standard InChI is InChI=1S/C30H35FN4O3/c1-20-8-7-11-26(31)24(20)18-37-17-15-25-28(22-9-5-4-6-10-22)30(25,3)38-19-35-16-14-27(32-21(35)2)34-29(36)33-23-12-13-23/h4-11,14,16,23,25,28H,2,12-13,15,17-19H2,1,3H3,(H2,32,33,34,36)/t25?,28?,30-/m0/s1. The maximum absolute atomic E-state index is 14.2. The highest BCUT2D eigenvalue weighted by atomic mass is 19.1. The number of aliphatic imine (C=N–C) groups is 1. The third-order valence-corrected chi connectivity index (χ3v) is 7.64. The van der Waals surface area contributed by atoms with Crippen molar-refractivity contribution in [3.8, 4) is 0 Å². The van der Waals surface area contributed by atoms with Crippen LogP contribution in [0.1, 0.15) is 48.8 Å². The Morgan fingerprint density at radius 1 is 1.21 bits per heavy atom. The van der Waals surface area contributed by atoms with Gasteiger partial charge in [0.1, 0.15) is 24.2 Å². The number of amidine groups is 1. The lowest BCUT2D eigenvalue weighted by atomic mass is 10.1. The highest BCUT2D eigenvalue weighted by Gasteiger charge is 2.62. The normalized spacial score (nSPS) is 24.2. The van der Waals surface area contributed by atoms with Gasteiger partial charge in [-0.15, -0.1) is 0 Å². The number of carbonyl (C=O) groups is 1. The number of nitrogens with zero attached hydrogens (tertiary/aromatic N) is 2. The van der Waals surface area contributed by atoms with Crippen LogP contribution in [0.25, 0.3) is 0 Å². The zero-order chi connectivity index (χ0) is 26.7. The van der Waals surface area contributed by atoms with Crippen molar-refractivity contribution in [3.63, 3.8) is 0 Å². The van der Waals surface area contributed by atoms with Gasteiger partial charge in [0.25, 0.3) is 0 Å². The van der Waals surface area contributed by atoms with Crippen molar-refractivity contribution in [2.75, 3.05) is 13.3 Å². The van der Waals surface area contributed by atoms with Crippen LogP contribution in [-0.4, -0.2) is 41.7 Å². The molecule has 2 amide bonds. The first-order valence-corrected chi connectivity index (χ1v) is 13.2. The quantitative estimate of drug-likeness (QED) is 0.416. The predicted molar refractivity (Wildman–Crippen MR) is 145 cm³/mol. The van der Waals surface area contributed by atoms with Gasteiger partial charge in [0, 0.05) is 36.2 Å². The molecule has 0 saturated heterocycles. The van der Waals surface area contributed by atoms with E-state index in [1.54, 1.807) is 12.1 Å². The minimum atomic E-state index is -0.390. The first-order valence-electron chi connectivity index (χ1n) is 13.2. The number of halogens is 1. The number of ether oxygens (including phenoxy) is 2.